The SMILES string of the molecule is CN(Cc1ccccc1Br)c1ccnc(Cl)c1. The molecular weight excluding hydrogens is 300 g/mol. The second-order valence-corrected chi connectivity index (χ2v) is 5.03. The zero-order valence-electron chi connectivity index (χ0n) is 9.40. The number of benzene rings is 1. The minimum atomic E-state index is 0.515. The molecule has 2 rings (SSSR count). The Labute approximate surface area is 114 Å². The van der Waals surface area contributed by atoms with E-state index in [4.69, 9.17) is 11.6 Å². The topological polar surface area (TPSA) is 16.1 Å². The average Bonchev–Trinajstić information content (AvgIpc) is 2.32. The number of aromatic nitrogens is 1. The lowest BCUT2D eigenvalue weighted by atomic mass is 10.2. The predicted octanol–water partition coefficient (Wildman–Crippen LogP) is 4.13. The highest BCUT2D eigenvalue weighted by molar-refractivity contribution is 9.10. The van der Waals surface area contributed by atoms with E-state index < -0.39 is 0 Å². The Kier molecular flexibility index (Phi) is 4.02. The van der Waals surface area contributed by atoms with Crippen molar-refractivity contribution >= 4 is 33.2 Å². The molecule has 4 heteroatoms. The molecule has 0 aliphatic carbocycles. The Morgan fingerprint density at radius 1 is 1.29 bits per heavy atom. The summed E-state index contributed by atoms with van der Waals surface area (Å²) in [6, 6.07) is 12.0. The van der Waals surface area contributed by atoms with Gasteiger partial charge in [0.2, 0.25) is 0 Å². The van der Waals surface area contributed by atoms with Gasteiger partial charge in [0.15, 0.2) is 0 Å². The van der Waals surface area contributed by atoms with Gasteiger partial charge < -0.3 is 4.90 Å². The molecule has 0 saturated carbocycles. The van der Waals surface area contributed by atoms with E-state index >= 15 is 0 Å². The monoisotopic (exact) mass is 310 g/mol. The fourth-order valence-electron chi connectivity index (χ4n) is 1.60. The number of hydrogen-bond donors (Lipinski definition) is 0. The van der Waals surface area contributed by atoms with Gasteiger partial charge in [0.1, 0.15) is 5.15 Å². The molecule has 0 fully saturated rings. The van der Waals surface area contributed by atoms with Crippen LogP contribution in [0.5, 0.6) is 0 Å². The molecule has 88 valence electrons. The van der Waals surface area contributed by atoms with E-state index in [1.54, 1.807) is 6.20 Å². The van der Waals surface area contributed by atoms with Crippen LogP contribution in [-0.4, -0.2) is 12.0 Å². The molecule has 0 atom stereocenters. The van der Waals surface area contributed by atoms with Crippen molar-refractivity contribution in [2.75, 3.05) is 11.9 Å². The second-order valence-electron chi connectivity index (χ2n) is 3.78. The normalized spacial score (nSPS) is 10.3. The van der Waals surface area contributed by atoms with E-state index in [0.717, 1.165) is 16.7 Å². The van der Waals surface area contributed by atoms with E-state index in [9.17, 15) is 0 Å². The molecule has 0 aliphatic rings. The zero-order valence-corrected chi connectivity index (χ0v) is 11.7. The quantitative estimate of drug-likeness (QED) is 0.792. The Hall–Kier alpha value is -1.06. The van der Waals surface area contributed by atoms with Crippen LogP contribution in [0.4, 0.5) is 5.69 Å². The summed E-state index contributed by atoms with van der Waals surface area (Å²) >= 11 is 9.42. The molecule has 0 aliphatic heterocycles. The lowest BCUT2D eigenvalue weighted by molar-refractivity contribution is 0.916. The largest absolute Gasteiger partial charge is 0.370 e. The highest BCUT2D eigenvalue weighted by Crippen LogP contribution is 2.21. The van der Waals surface area contributed by atoms with Crippen molar-refractivity contribution in [1.82, 2.24) is 4.98 Å². The van der Waals surface area contributed by atoms with Gasteiger partial charge in [-0.05, 0) is 23.8 Å². The van der Waals surface area contributed by atoms with Gasteiger partial charge in [0.25, 0.3) is 0 Å². The fraction of sp³-hybridized carbons (Fsp3) is 0.154. The summed E-state index contributed by atoms with van der Waals surface area (Å²) in [4.78, 5) is 6.11. The lowest BCUT2D eigenvalue weighted by Gasteiger charge is -2.20. The first-order valence-electron chi connectivity index (χ1n) is 5.23. The third kappa shape index (κ3) is 3.20. The van der Waals surface area contributed by atoms with Crippen molar-refractivity contribution in [1.29, 1.82) is 0 Å². The zero-order chi connectivity index (χ0) is 12.3. The lowest BCUT2D eigenvalue weighted by Crippen LogP contribution is -2.16. The van der Waals surface area contributed by atoms with E-state index in [-0.39, 0.29) is 0 Å². The van der Waals surface area contributed by atoms with Gasteiger partial charge in [-0.25, -0.2) is 4.98 Å². The van der Waals surface area contributed by atoms with Crippen molar-refractivity contribution in [3.8, 4) is 0 Å². The number of nitrogens with zero attached hydrogens (tertiary/aromatic N) is 2. The van der Waals surface area contributed by atoms with Crippen LogP contribution >= 0.6 is 27.5 Å². The number of hydrogen-bond acceptors (Lipinski definition) is 2. The van der Waals surface area contributed by atoms with Gasteiger partial charge in [-0.1, -0.05) is 45.7 Å². The third-order valence-electron chi connectivity index (χ3n) is 2.52. The van der Waals surface area contributed by atoms with Gasteiger partial charge in [-0.15, -0.1) is 0 Å². The van der Waals surface area contributed by atoms with E-state index in [2.05, 4.69) is 31.9 Å². The maximum atomic E-state index is 5.88. The molecule has 0 radical (unpaired) electrons. The number of rotatable bonds is 3. The molecule has 2 nitrogen and oxygen atoms in total. The minimum absolute atomic E-state index is 0.515. The molecule has 0 spiro atoms. The molecular formula is C13H12BrClN2. The van der Waals surface area contributed by atoms with Gasteiger partial charge in [-0.2, -0.15) is 0 Å². The van der Waals surface area contributed by atoms with Crippen LogP contribution in [0, 0.1) is 0 Å². The van der Waals surface area contributed by atoms with Crippen LogP contribution in [0.15, 0.2) is 47.1 Å². The van der Waals surface area contributed by atoms with E-state index in [1.165, 1.54) is 5.56 Å². The maximum absolute atomic E-state index is 5.88. The minimum Gasteiger partial charge on any atom is -0.370 e. The molecule has 0 bridgehead atoms. The first-order chi connectivity index (χ1) is 8.16. The highest BCUT2D eigenvalue weighted by atomic mass is 79.9. The van der Waals surface area contributed by atoms with Crippen LogP contribution in [0.25, 0.3) is 0 Å². The average molecular weight is 312 g/mol. The van der Waals surface area contributed by atoms with Crippen LogP contribution in [0.1, 0.15) is 5.56 Å². The molecule has 1 heterocycles. The Morgan fingerprint density at radius 2 is 2.06 bits per heavy atom. The smallest absolute Gasteiger partial charge is 0.131 e. The summed E-state index contributed by atoms with van der Waals surface area (Å²) in [5, 5.41) is 0.515. The molecule has 0 saturated heterocycles. The number of anilines is 1. The standard InChI is InChI=1S/C13H12BrClN2/c1-17(11-6-7-16-13(15)8-11)9-10-4-2-3-5-12(10)14/h2-8H,9H2,1H3. The molecule has 2 aromatic rings. The molecule has 1 aromatic carbocycles. The van der Waals surface area contributed by atoms with Gasteiger partial charge in [0.05, 0.1) is 0 Å². The summed E-state index contributed by atoms with van der Waals surface area (Å²) in [7, 11) is 2.03. The van der Waals surface area contributed by atoms with Gasteiger partial charge >= 0.3 is 0 Å². The summed E-state index contributed by atoms with van der Waals surface area (Å²) in [6.45, 7) is 0.821. The van der Waals surface area contributed by atoms with Crippen LogP contribution in [-0.2, 0) is 6.54 Å². The van der Waals surface area contributed by atoms with Crippen LogP contribution < -0.4 is 4.90 Å². The number of pyridine rings is 1. The Balaban J connectivity index is 2.17. The molecule has 0 N–H and O–H groups in total. The van der Waals surface area contributed by atoms with Crippen LogP contribution in [0.3, 0.4) is 0 Å². The van der Waals surface area contributed by atoms with Gasteiger partial charge in [-0.3, -0.25) is 0 Å². The van der Waals surface area contributed by atoms with E-state index in [0.29, 0.717) is 5.15 Å². The number of halogens is 2. The van der Waals surface area contributed by atoms with Crippen molar-refractivity contribution in [2.45, 2.75) is 6.54 Å². The highest BCUT2D eigenvalue weighted by Gasteiger charge is 2.05. The Morgan fingerprint density at radius 3 is 2.76 bits per heavy atom. The molecule has 0 amide bonds. The van der Waals surface area contributed by atoms with Gasteiger partial charge in [0, 0.05) is 29.9 Å². The molecule has 1 aromatic heterocycles. The first kappa shape index (κ1) is 12.4. The third-order valence-corrected chi connectivity index (χ3v) is 3.50. The predicted molar refractivity (Wildman–Crippen MR) is 75.5 cm³/mol. The van der Waals surface area contributed by atoms with Crippen molar-refractivity contribution in [2.24, 2.45) is 0 Å². The van der Waals surface area contributed by atoms with Crippen molar-refractivity contribution in [3.05, 3.63) is 57.8 Å². The Bertz CT molecular complexity index is 516. The van der Waals surface area contributed by atoms with Crippen LogP contribution in [0.2, 0.25) is 5.15 Å². The summed E-state index contributed by atoms with van der Waals surface area (Å²) < 4.78 is 1.12. The summed E-state index contributed by atoms with van der Waals surface area (Å²) in [5.41, 5.74) is 2.30. The van der Waals surface area contributed by atoms with Crippen molar-refractivity contribution in [3.63, 3.8) is 0 Å². The molecule has 17 heavy (non-hydrogen) atoms. The second kappa shape index (κ2) is 5.52. The summed E-state index contributed by atoms with van der Waals surface area (Å²) in [6.07, 6.45) is 1.72. The first-order valence-corrected chi connectivity index (χ1v) is 6.40. The van der Waals surface area contributed by atoms with Crippen molar-refractivity contribution < 1.29 is 0 Å². The maximum Gasteiger partial charge on any atom is 0.131 e. The molecule has 0 unspecified atom stereocenters. The fourth-order valence-corrected chi connectivity index (χ4v) is 2.18. The summed E-state index contributed by atoms with van der Waals surface area (Å²) in [5.74, 6) is 0. The van der Waals surface area contributed by atoms with E-state index in [1.807, 2.05) is 37.4 Å².